The lowest BCUT2D eigenvalue weighted by molar-refractivity contribution is -0.126. The number of fused-ring (bicyclic) bond motifs is 1. The van der Waals surface area contributed by atoms with Crippen LogP contribution in [0.1, 0.15) is 32.1 Å². The predicted octanol–water partition coefficient (Wildman–Crippen LogP) is 2.98. The van der Waals surface area contributed by atoms with Gasteiger partial charge in [0.05, 0.1) is 12.5 Å². The second-order valence-corrected chi connectivity index (χ2v) is 8.06. The van der Waals surface area contributed by atoms with Crippen LogP contribution in [-0.2, 0) is 4.79 Å². The van der Waals surface area contributed by atoms with E-state index in [0.29, 0.717) is 29.7 Å². The Hall–Kier alpha value is -1.79. The molecule has 4 rings (SSSR count). The maximum atomic E-state index is 12.6. The molecule has 1 aromatic carbocycles. The summed E-state index contributed by atoms with van der Waals surface area (Å²) in [4.78, 5) is 19.2. The summed E-state index contributed by atoms with van der Waals surface area (Å²) in [6, 6.07) is 5.92. The quantitative estimate of drug-likeness (QED) is 0.837. The predicted molar refractivity (Wildman–Crippen MR) is 100 cm³/mol. The van der Waals surface area contributed by atoms with E-state index < -0.39 is 0 Å². The van der Waals surface area contributed by atoms with Gasteiger partial charge in [0.15, 0.2) is 5.58 Å². The lowest BCUT2D eigenvalue weighted by atomic mass is 9.69. The SMILES string of the molecule is O=C(NCC1(CO)CCC1)C1CCCN(c2nc3cc(Cl)ccc3o2)C1. The molecular weight excluding hydrogens is 354 g/mol. The molecule has 0 radical (unpaired) electrons. The van der Waals surface area contributed by atoms with Crippen LogP contribution in [-0.4, -0.2) is 42.2 Å². The number of benzene rings is 1. The molecule has 7 heteroatoms. The summed E-state index contributed by atoms with van der Waals surface area (Å²) in [5.74, 6) is -0.0215. The number of piperidine rings is 1. The monoisotopic (exact) mass is 377 g/mol. The maximum Gasteiger partial charge on any atom is 0.298 e. The van der Waals surface area contributed by atoms with E-state index in [1.54, 1.807) is 12.1 Å². The summed E-state index contributed by atoms with van der Waals surface area (Å²) in [5.41, 5.74) is 1.34. The number of anilines is 1. The van der Waals surface area contributed by atoms with Gasteiger partial charge in [-0.3, -0.25) is 4.79 Å². The minimum atomic E-state index is -0.0937. The number of hydrogen-bond acceptors (Lipinski definition) is 5. The number of oxazole rings is 1. The fourth-order valence-corrected chi connectivity index (χ4v) is 4.04. The van der Waals surface area contributed by atoms with Crippen molar-refractivity contribution in [1.29, 1.82) is 0 Å². The molecule has 2 aliphatic rings. The first-order valence-corrected chi connectivity index (χ1v) is 9.66. The van der Waals surface area contributed by atoms with Gasteiger partial charge in [-0.25, -0.2) is 0 Å². The molecule has 1 aliphatic carbocycles. The van der Waals surface area contributed by atoms with Crippen molar-refractivity contribution < 1.29 is 14.3 Å². The van der Waals surface area contributed by atoms with Gasteiger partial charge < -0.3 is 19.7 Å². The van der Waals surface area contributed by atoms with Gasteiger partial charge in [0.25, 0.3) is 6.01 Å². The summed E-state index contributed by atoms with van der Waals surface area (Å²) >= 11 is 6.01. The molecular formula is C19H24ClN3O3. The number of aromatic nitrogens is 1. The standard InChI is InChI=1S/C19H24ClN3O3/c20-14-4-5-16-15(9-14)22-18(26-16)23-8-1-3-13(10-23)17(25)21-11-19(12-24)6-2-7-19/h4-5,9,13,24H,1-3,6-8,10-12H2,(H,21,25). The molecule has 6 nitrogen and oxygen atoms in total. The third kappa shape index (κ3) is 3.40. The highest BCUT2D eigenvalue weighted by atomic mass is 35.5. The fourth-order valence-electron chi connectivity index (χ4n) is 3.88. The van der Waals surface area contributed by atoms with Crippen LogP contribution in [0.25, 0.3) is 11.1 Å². The Morgan fingerprint density at radius 1 is 1.42 bits per heavy atom. The second kappa shape index (κ2) is 7.08. The average Bonchev–Trinajstić information content (AvgIpc) is 3.04. The van der Waals surface area contributed by atoms with E-state index in [1.807, 2.05) is 11.0 Å². The van der Waals surface area contributed by atoms with E-state index in [4.69, 9.17) is 16.0 Å². The Bertz CT molecular complexity index is 797. The molecule has 2 heterocycles. The lowest BCUT2D eigenvalue weighted by Gasteiger charge is -2.41. The number of aliphatic hydroxyl groups excluding tert-OH is 1. The maximum absolute atomic E-state index is 12.6. The zero-order valence-corrected chi connectivity index (χ0v) is 15.5. The van der Waals surface area contributed by atoms with Crippen LogP contribution < -0.4 is 10.2 Å². The number of halogens is 1. The Morgan fingerprint density at radius 3 is 3.00 bits per heavy atom. The molecule has 1 unspecified atom stereocenters. The Kier molecular flexibility index (Phi) is 4.80. The van der Waals surface area contributed by atoms with Gasteiger partial charge in [-0.05, 0) is 43.9 Å². The van der Waals surface area contributed by atoms with Crippen LogP contribution >= 0.6 is 11.6 Å². The number of carbonyl (C=O) groups excluding carboxylic acids is 1. The molecule has 140 valence electrons. The third-order valence-electron chi connectivity index (χ3n) is 5.79. The summed E-state index contributed by atoms with van der Waals surface area (Å²) in [5, 5.41) is 13.2. The molecule has 2 fully saturated rings. The van der Waals surface area contributed by atoms with Crippen molar-refractivity contribution in [2.24, 2.45) is 11.3 Å². The molecule has 2 aromatic rings. The van der Waals surface area contributed by atoms with E-state index in [0.717, 1.165) is 44.2 Å². The van der Waals surface area contributed by atoms with E-state index in [9.17, 15) is 9.90 Å². The van der Waals surface area contributed by atoms with E-state index in [1.165, 1.54) is 0 Å². The zero-order valence-electron chi connectivity index (χ0n) is 14.7. The summed E-state index contributed by atoms with van der Waals surface area (Å²) in [7, 11) is 0. The normalized spacial score (nSPS) is 22.2. The molecule has 1 saturated carbocycles. The van der Waals surface area contributed by atoms with Crippen LogP contribution in [0.5, 0.6) is 0 Å². The van der Waals surface area contributed by atoms with Crippen molar-refractivity contribution in [1.82, 2.24) is 10.3 Å². The second-order valence-electron chi connectivity index (χ2n) is 7.62. The number of carbonyl (C=O) groups is 1. The van der Waals surface area contributed by atoms with Gasteiger partial charge in [0, 0.05) is 30.1 Å². The van der Waals surface area contributed by atoms with Gasteiger partial charge in [0.2, 0.25) is 5.91 Å². The van der Waals surface area contributed by atoms with Gasteiger partial charge in [-0.2, -0.15) is 4.98 Å². The summed E-state index contributed by atoms with van der Waals surface area (Å²) in [6.45, 7) is 2.14. The number of aliphatic hydroxyl groups is 1. The number of amides is 1. The lowest BCUT2D eigenvalue weighted by Crippen LogP contribution is -2.48. The molecule has 1 atom stereocenters. The molecule has 26 heavy (non-hydrogen) atoms. The van der Waals surface area contributed by atoms with Gasteiger partial charge in [-0.15, -0.1) is 0 Å². The summed E-state index contributed by atoms with van der Waals surface area (Å²) in [6.07, 6.45) is 4.90. The average molecular weight is 378 g/mol. The molecule has 1 aromatic heterocycles. The van der Waals surface area contributed by atoms with Crippen molar-refractivity contribution in [3.8, 4) is 0 Å². The summed E-state index contributed by atoms with van der Waals surface area (Å²) < 4.78 is 5.84. The van der Waals surface area contributed by atoms with Crippen molar-refractivity contribution in [3.05, 3.63) is 23.2 Å². The Balaban J connectivity index is 1.40. The van der Waals surface area contributed by atoms with E-state index >= 15 is 0 Å². The Morgan fingerprint density at radius 2 is 2.27 bits per heavy atom. The van der Waals surface area contributed by atoms with Gasteiger partial charge in [-0.1, -0.05) is 18.0 Å². The topological polar surface area (TPSA) is 78.6 Å². The van der Waals surface area contributed by atoms with Crippen LogP contribution in [0, 0.1) is 11.3 Å². The van der Waals surface area contributed by atoms with E-state index in [2.05, 4.69) is 10.3 Å². The largest absolute Gasteiger partial charge is 0.423 e. The number of rotatable bonds is 5. The highest BCUT2D eigenvalue weighted by molar-refractivity contribution is 6.31. The van der Waals surface area contributed by atoms with Gasteiger partial charge in [0.1, 0.15) is 5.52 Å². The first-order chi connectivity index (χ1) is 12.6. The molecule has 1 amide bonds. The van der Waals surface area contributed by atoms with Crippen molar-refractivity contribution in [2.45, 2.75) is 32.1 Å². The Labute approximate surface area is 157 Å². The molecule has 1 saturated heterocycles. The highest BCUT2D eigenvalue weighted by Gasteiger charge is 2.37. The minimum absolute atomic E-state index is 0.0635. The minimum Gasteiger partial charge on any atom is -0.423 e. The van der Waals surface area contributed by atoms with Crippen molar-refractivity contribution >= 4 is 34.6 Å². The number of hydrogen-bond donors (Lipinski definition) is 2. The van der Waals surface area contributed by atoms with Crippen molar-refractivity contribution in [3.63, 3.8) is 0 Å². The van der Waals surface area contributed by atoms with Crippen LogP contribution in [0.2, 0.25) is 5.02 Å². The third-order valence-corrected chi connectivity index (χ3v) is 6.02. The van der Waals surface area contributed by atoms with Crippen molar-refractivity contribution in [2.75, 3.05) is 31.1 Å². The van der Waals surface area contributed by atoms with Crippen LogP contribution in [0.4, 0.5) is 6.01 Å². The number of nitrogens with zero attached hydrogens (tertiary/aromatic N) is 2. The highest BCUT2D eigenvalue weighted by Crippen LogP contribution is 2.39. The van der Waals surface area contributed by atoms with Gasteiger partial charge >= 0.3 is 0 Å². The fraction of sp³-hybridized carbons (Fsp3) is 0.579. The molecule has 0 bridgehead atoms. The molecule has 2 N–H and O–H groups in total. The molecule has 0 spiro atoms. The number of nitrogens with one attached hydrogen (secondary N) is 1. The first kappa shape index (κ1) is 17.6. The van der Waals surface area contributed by atoms with Crippen LogP contribution in [0.3, 0.4) is 0 Å². The first-order valence-electron chi connectivity index (χ1n) is 9.28. The van der Waals surface area contributed by atoms with E-state index in [-0.39, 0.29) is 23.8 Å². The molecule has 1 aliphatic heterocycles. The zero-order chi connectivity index (χ0) is 18.1. The van der Waals surface area contributed by atoms with Crippen LogP contribution in [0.15, 0.2) is 22.6 Å². The smallest absolute Gasteiger partial charge is 0.298 e.